The Morgan fingerprint density at radius 2 is 2.00 bits per heavy atom. The van der Waals surface area contributed by atoms with Crippen molar-refractivity contribution in [2.75, 3.05) is 13.1 Å². The monoisotopic (exact) mass is 189 g/mol. The van der Waals surface area contributed by atoms with E-state index in [9.17, 15) is 0 Å². The molecule has 2 heterocycles. The topological polar surface area (TPSA) is 24.9 Å². The SMILES string of the molecule is [CH](Cc1ccncc1)C1CCNCC1. The second-order valence-corrected chi connectivity index (χ2v) is 3.88. The van der Waals surface area contributed by atoms with Gasteiger partial charge in [0.2, 0.25) is 0 Å². The molecular formula is C12H17N2. The lowest BCUT2D eigenvalue weighted by Gasteiger charge is -2.22. The fourth-order valence-corrected chi connectivity index (χ4v) is 1.90. The van der Waals surface area contributed by atoms with Gasteiger partial charge in [0.15, 0.2) is 0 Å². The molecular weight excluding hydrogens is 172 g/mol. The van der Waals surface area contributed by atoms with Gasteiger partial charge in [-0.05, 0) is 62.4 Å². The zero-order chi connectivity index (χ0) is 9.64. The minimum atomic E-state index is 0.810. The fraction of sp³-hybridized carbons (Fsp3) is 0.500. The third-order valence-corrected chi connectivity index (χ3v) is 2.82. The van der Waals surface area contributed by atoms with Crippen molar-refractivity contribution in [2.24, 2.45) is 5.92 Å². The van der Waals surface area contributed by atoms with Gasteiger partial charge >= 0.3 is 0 Å². The predicted molar refractivity (Wildman–Crippen MR) is 57.8 cm³/mol. The van der Waals surface area contributed by atoms with Crippen LogP contribution in [-0.2, 0) is 6.42 Å². The van der Waals surface area contributed by atoms with E-state index < -0.39 is 0 Å². The molecule has 1 radical (unpaired) electrons. The summed E-state index contributed by atoms with van der Waals surface area (Å²) in [5.41, 5.74) is 1.37. The molecule has 1 fully saturated rings. The molecule has 0 aromatic carbocycles. The Labute approximate surface area is 85.7 Å². The van der Waals surface area contributed by atoms with E-state index in [-0.39, 0.29) is 0 Å². The number of nitrogens with zero attached hydrogens (tertiary/aromatic N) is 1. The summed E-state index contributed by atoms with van der Waals surface area (Å²) >= 11 is 0. The van der Waals surface area contributed by atoms with Gasteiger partial charge in [-0.25, -0.2) is 0 Å². The summed E-state index contributed by atoms with van der Waals surface area (Å²) in [6.45, 7) is 2.36. The molecule has 0 amide bonds. The molecule has 1 aromatic heterocycles. The molecule has 1 aromatic rings. The number of piperidine rings is 1. The second kappa shape index (κ2) is 5.11. The van der Waals surface area contributed by atoms with Crippen LogP contribution in [0.2, 0.25) is 0 Å². The lowest BCUT2D eigenvalue weighted by molar-refractivity contribution is 0.410. The molecule has 0 bridgehead atoms. The summed E-state index contributed by atoms with van der Waals surface area (Å²) in [6.07, 6.45) is 9.87. The Morgan fingerprint density at radius 3 is 2.71 bits per heavy atom. The van der Waals surface area contributed by atoms with Crippen molar-refractivity contribution in [1.29, 1.82) is 0 Å². The highest BCUT2D eigenvalue weighted by Crippen LogP contribution is 2.17. The van der Waals surface area contributed by atoms with Crippen molar-refractivity contribution in [3.8, 4) is 0 Å². The van der Waals surface area contributed by atoms with E-state index in [0.29, 0.717) is 0 Å². The molecule has 1 aliphatic heterocycles. The van der Waals surface area contributed by atoms with Gasteiger partial charge in [0.05, 0.1) is 0 Å². The summed E-state index contributed by atoms with van der Waals surface area (Å²) in [6, 6.07) is 4.19. The van der Waals surface area contributed by atoms with E-state index >= 15 is 0 Å². The van der Waals surface area contributed by atoms with Crippen LogP contribution in [0.1, 0.15) is 18.4 Å². The van der Waals surface area contributed by atoms with Crippen molar-refractivity contribution < 1.29 is 0 Å². The van der Waals surface area contributed by atoms with Crippen LogP contribution >= 0.6 is 0 Å². The molecule has 75 valence electrons. The van der Waals surface area contributed by atoms with Crippen molar-refractivity contribution >= 4 is 0 Å². The molecule has 2 rings (SSSR count). The Bertz CT molecular complexity index is 252. The fourth-order valence-electron chi connectivity index (χ4n) is 1.90. The Hall–Kier alpha value is -0.890. The van der Waals surface area contributed by atoms with E-state index in [1.807, 2.05) is 12.4 Å². The highest BCUT2D eigenvalue weighted by Gasteiger charge is 2.12. The number of aromatic nitrogens is 1. The van der Waals surface area contributed by atoms with Crippen LogP contribution < -0.4 is 5.32 Å². The van der Waals surface area contributed by atoms with Gasteiger partial charge in [0, 0.05) is 12.4 Å². The Balaban J connectivity index is 1.76. The van der Waals surface area contributed by atoms with Crippen LogP contribution in [0.15, 0.2) is 24.5 Å². The van der Waals surface area contributed by atoms with Crippen LogP contribution in [0, 0.1) is 12.3 Å². The zero-order valence-corrected chi connectivity index (χ0v) is 8.45. The van der Waals surface area contributed by atoms with Gasteiger partial charge in [-0.1, -0.05) is 0 Å². The maximum absolute atomic E-state index is 4.02. The molecule has 1 saturated heterocycles. The smallest absolute Gasteiger partial charge is 0.0270 e. The molecule has 0 aliphatic carbocycles. The average molecular weight is 189 g/mol. The van der Waals surface area contributed by atoms with Gasteiger partial charge < -0.3 is 5.32 Å². The van der Waals surface area contributed by atoms with Crippen LogP contribution in [-0.4, -0.2) is 18.1 Å². The molecule has 0 atom stereocenters. The highest BCUT2D eigenvalue weighted by atomic mass is 14.9. The van der Waals surface area contributed by atoms with E-state index in [2.05, 4.69) is 28.9 Å². The van der Waals surface area contributed by atoms with E-state index in [4.69, 9.17) is 0 Å². The number of rotatable bonds is 3. The molecule has 0 saturated carbocycles. The van der Waals surface area contributed by atoms with Gasteiger partial charge in [0.25, 0.3) is 0 Å². The van der Waals surface area contributed by atoms with Gasteiger partial charge in [-0.15, -0.1) is 0 Å². The lowest BCUT2D eigenvalue weighted by Crippen LogP contribution is -2.28. The average Bonchev–Trinajstić information content (AvgIpc) is 2.29. The van der Waals surface area contributed by atoms with Crippen LogP contribution in [0.4, 0.5) is 0 Å². The minimum absolute atomic E-state index is 0.810. The van der Waals surface area contributed by atoms with Gasteiger partial charge in [0.1, 0.15) is 0 Å². The van der Waals surface area contributed by atoms with Crippen molar-refractivity contribution in [2.45, 2.75) is 19.3 Å². The number of hydrogen-bond donors (Lipinski definition) is 1. The van der Waals surface area contributed by atoms with Crippen molar-refractivity contribution in [3.05, 3.63) is 36.5 Å². The third-order valence-electron chi connectivity index (χ3n) is 2.82. The highest BCUT2D eigenvalue weighted by molar-refractivity contribution is 5.12. The predicted octanol–water partition coefficient (Wildman–Crippen LogP) is 1.83. The minimum Gasteiger partial charge on any atom is -0.317 e. The summed E-state index contributed by atoms with van der Waals surface area (Å²) < 4.78 is 0. The summed E-state index contributed by atoms with van der Waals surface area (Å²) in [5.74, 6) is 0.810. The maximum atomic E-state index is 4.02. The van der Waals surface area contributed by atoms with Crippen molar-refractivity contribution in [1.82, 2.24) is 10.3 Å². The molecule has 0 spiro atoms. The quantitative estimate of drug-likeness (QED) is 0.784. The van der Waals surface area contributed by atoms with Crippen LogP contribution in [0.3, 0.4) is 0 Å². The Morgan fingerprint density at radius 1 is 1.29 bits per heavy atom. The molecule has 1 aliphatic rings. The van der Waals surface area contributed by atoms with E-state index in [1.54, 1.807) is 0 Å². The first kappa shape index (κ1) is 9.66. The van der Waals surface area contributed by atoms with E-state index in [0.717, 1.165) is 12.3 Å². The summed E-state index contributed by atoms with van der Waals surface area (Å²) in [7, 11) is 0. The third kappa shape index (κ3) is 2.81. The Kier molecular flexibility index (Phi) is 3.52. The van der Waals surface area contributed by atoms with Crippen LogP contribution in [0.5, 0.6) is 0 Å². The van der Waals surface area contributed by atoms with Crippen molar-refractivity contribution in [3.63, 3.8) is 0 Å². The number of pyridine rings is 1. The second-order valence-electron chi connectivity index (χ2n) is 3.88. The molecule has 0 unspecified atom stereocenters. The first-order valence-corrected chi connectivity index (χ1v) is 5.38. The van der Waals surface area contributed by atoms with Gasteiger partial charge in [-0.2, -0.15) is 0 Å². The maximum Gasteiger partial charge on any atom is 0.0270 e. The molecule has 14 heavy (non-hydrogen) atoms. The summed E-state index contributed by atoms with van der Waals surface area (Å²) in [5, 5.41) is 3.38. The standard InChI is InChI=1S/C12H17N2/c1(11-3-7-13-8-4-11)2-12-5-9-14-10-6-12/h1,5-6,9-11,13H,2-4,7-8H2. The van der Waals surface area contributed by atoms with Crippen LogP contribution in [0.25, 0.3) is 0 Å². The summed E-state index contributed by atoms with van der Waals surface area (Å²) in [4.78, 5) is 4.02. The molecule has 2 heteroatoms. The zero-order valence-electron chi connectivity index (χ0n) is 8.45. The normalized spacial score (nSPS) is 18.3. The first-order chi connectivity index (χ1) is 6.95. The largest absolute Gasteiger partial charge is 0.317 e. The number of hydrogen-bond acceptors (Lipinski definition) is 2. The first-order valence-electron chi connectivity index (χ1n) is 5.38. The number of nitrogens with one attached hydrogen (secondary N) is 1. The van der Waals surface area contributed by atoms with Gasteiger partial charge in [-0.3, -0.25) is 4.98 Å². The molecule has 2 nitrogen and oxygen atoms in total. The van der Waals surface area contributed by atoms with E-state index in [1.165, 1.54) is 31.5 Å². The lowest BCUT2D eigenvalue weighted by atomic mass is 9.92. The molecule has 1 N–H and O–H groups in total.